The van der Waals surface area contributed by atoms with Crippen LogP contribution in [0.4, 0.5) is 0 Å². The summed E-state index contributed by atoms with van der Waals surface area (Å²) >= 11 is 0. The van der Waals surface area contributed by atoms with E-state index in [0.29, 0.717) is 23.7 Å². The molecule has 0 aliphatic heterocycles. The van der Waals surface area contributed by atoms with Crippen LogP contribution in [0.5, 0.6) is 11.5 Å². The maximum absolute atomic E-state index is 11.5. The zero-order chi connectivity index (χ0) is 13.7. The molecule has 0 bridgehead atoms. The van der Waals surface area contributed by atoms with E-state index in [1.165, 1.54) is 6.92 Å². The van der Waals surface area contributed by atoms with Crippen molar-refractivity contribution in [3.63, 3.8) is 0 Å². The van der Waals surface area contributed by atoms with Gasteiger partial charge in [-0.05, 0) is 36.8 Å². The molecule has 0 amide bonds. The normalized spacial score (nSPS) is 10.0. The van der Waals surface area contributed by atoms with Gasteiger partial charge in [0.15, 0.2) is 5.78 Å². The molecule has 4 nitrogen and oxygen atoms in total. The number of Topliss-reactive ketones (excluding diaryl/α,β-unsaturated/α-hetero) is 1. The highest BCUT2D eigenvalue weighted by Crippen LogP contribution is 2.26. The van der Waals surface area contributed by atoms with Crippen molar-refractivity contribution in [3.05, 3.63) is 53.9 Å². The van der Waals surface area contributed by atoms with E-state index in [1.807, 2.05) is 12.1 Å². The highest BCUT2D eigenvalue weighted by molar-refractivity contribution is 5.97. The number of ether oxygens (including phenoxy) is 2. The molecule has 0 fully saturated rings. The van der Waals surface area contributed by atoms with Gasteiger partial charge < -0.3 is 9.47 Å². The molecule has 0 aliphatic carbocycles. The number of nitrogens with zero attached hydrogens (tertiary/aromatic N) is 1. The number of pyridine rings is 1. The molecule has 0 saturated carbocycles. The second-order valence-electron chi connectivity index (χ2n) is 4.06. The molecule has 0 atom stereocenters. The minimum absolute atomic E-state index is 0.0348. The Balaban J connectivity index is 2.20. The SMILES string of the molecule is COc1ccc(C(C)=O)c(OCc2ccncc2)c1. The fourth-order valence-electron chi connectivity index (χ4n) is 1.68. The minimum Gasteiger partial charge on any atom is -0.497 e. The van der Waals surface area contributed by atoms with E-state index < -0.39 is 0 Å². The summed E-state index contributed by atoms with van der Waals surface area (Å²) in [5.74, 6) is 1.16. The average Bonchev–Trinajstić information content (AvgIpc) is 2.45. The number of hydrogen-bond acceptors (Lipinski definition) is 4. The largest absolute Gasteiger partial charge is 0.497 e. The van der Waals surface area contributed by atoms with E-state index in [9.17, 15) is 4.79 Å². The van der Waals surface area contributed by atoms with Crippen molar-refractivity contribution in [2.75, 3.05) is 7.11 Å². The second kappa shape index (κ2) is 6.00. The van der Waals surface area contributed by atoms with Crippen LogP contribution < -0.4 is 9.47 Å². The van der Waals surface area contributed by atoms with Gasteiger partial charge in [0, 0.05) is 18.5 Å². The molecule has 1 aromatic carbocycles. The third kappa shape index (κ3) is 3.31. The Morgan fingerprint density at radius 2 is 1.95 bits per heavy atom. The summed E-state index contributed by atoms with van der Waals surface area (Å²) in [6, 6.07) is 8.91. The van der Waals surface area contributed by atoms with Crippen molar-refractivity contribution in [1.29, 1.82) is 0 Å². The predicted octanol–water partition coefficient (Wildman–Crippen LogP) is 2.87. The first kappa shape index (κ1) is 13.1. The minimum atomic E-state index is -0.0348. The van der Waals surface area contributed by atoms with Gasteiger partial charge in [0.05, 0.1) is 12.7 Å². The fourth-order valence-corrected chi connectivity index (χ4v) is 1.68. The summed E-state index contributed by atoms with van der Waals surface area (Å²) in [4.78, 5) is 15.5. The molecule has 2 aromatic rings. The van der Waals surface area contributed by atoms with Crippen molar-refractivity contribution in [1.82, 2.24) is 4.98 Å². The maximum atomic E-state index is 11.5. The Hall–Kier alpha value is -2.36. The molecule has 1 heterocycles. The van der Waals surface area contributed by atoms with E-state index in [2.05, 4.69) is 4.98 Å². The Morgan fingerprint density at radius 1 is 1.21 bits per heavy atom. The van der Waals surface area contributed by atoms with Crippen molar-refractivity contribution < 1.29 is 14.3 Å². The molecule has 1 aromatic heterocycles. The van der Waals surface area contributed by atoms with E-state index in [4.69, 9.17) is 9.47 Å². The summed E-state index contributed by atoms with van der Waals surface area (Å²) in [6.45, 7) is 1.90. The smallest absolute Gasteiger partial charge is 0.163 e. The number of carbonyl (C=O) groups excluding carboxylic acids is 1. The van der Waals surface area contributed by atoms with Crippen molar-refractivity contribution >= 4 is 5.78 Å². The Bertz CT molecular complexity index is 567. The summed E-state index contributed by atoms with van der Waals surface area (Å²) in [6.07, 6.45) is 3.41. The highest BCUT2D eigenvalue weighted by atomic mass is 16.5. The number of methoxy groups -OCH3 is 1. The summed E-state index contributed by atoms with van der Waals surface area (Å²) in [7, 11) is 1.58. The topological polar surface area (TPSA) is 48.4 Å². The molecule has 0 saturated heterocycles. The van der Waals surface area contributed by atoms with Crippen LogP contribution in [0, 0.1) is 0 Å². The van der Waals surface area contributed by atoms with Crippen LogP contribution in [0.25, 0.3) is 0 Å². The van der Waals surface area contributed by atoms with Crippen LogP contribution in [-0.4, -0.2) is 17.9 Å². The van der Waals surface area contributed by atoms with Gasteiger partial charge in [0.2, 0.25) is 0 Å². The number of carbonyl (C=O) groups is 1. The van der Waals surface area contributed by atoms with Gasteiger partial charge in [-0.3, -0.25) is 9.78 Å². The molecule has 2 rings (SSSR count). The third-order valence-corrected chi connectivity index (χ3v) is 2.71. The van der Waals surface area contributed by atoms with Crippen LogP contribution in [0.15, 0.2) is 42.7 Å². The van der Waals surface area contributed by atoms with Gasteiger partial charge in [-0.1, -0.05) is 0 Å². The number of benzene rings is 1. The van der Waals surface area contributed by atoms with E-state index in [-0.39, 0.29) is 5.78 Å². The molecule has 0 N–H and O–H groups in total. The summed E-state index contributed by atoms with van der Waals surface area (Å²) < 4.78 is 10.8. The van der Waals surface area contributed by atoms with Crippen molar-refractivity contribution in [2.45, 2.75) is 13.5 Å². The zero-order valence-electron chi connectivity index (χ0n) is 10.9. The lowest BCUT2D eigenvalue weighted by Gasteiger charge is -2.11. The van der Waals surface area contributed by atoms with Gasteiger partial charge in [0.1, 0.15) is 18.1 Å². The fraction of sp³-hybridized carbons (Fsp3) is 0.200. The number of aromatic nitrogens is 1. The molecule has 4 heteroatoms. The monoisotopic (exact) mass is 257 g/mol. The van der Waals surface area contributed by atoms with Gasteiger partial charge in [0.25, 0.3) is 0 Å². The average molecular weight is 257 g/mol. The molecular weight excluding hydrogens is 242 g/mol. The molecule has 0 spiro atoms. The maximum Gasteiger partial charge on any atom is 0.163 e. The van der Waals surface area contributed by atoms with E-state index in [1.54, 1.807) is 37.7 Å². The van der Waals surface area contributed by atoms with E-state index in [0.717, 1.165) is 5.56 Å². The summed E-state index contributed by atoms with van der Waals surface area (Å²) in [5.41, 5.74) is 1.54. The molecule has 0 unspecified atom stereocenters. The van der Waals surface area contributed by atoms with Gasteiger partial charge in [-0.2, -0.15) is 0 Å². The first-order valence-electron chi connectivity index (χ1n) is 5.91. The first-order chi connectivity index (χ1) is 9.20. The van der Waals surface area contributed by atoms with Crippen LogP contribution in [-0.2, 0) is 6.61 Å². The van der Waals surface area contributed by atoms with Crippen LogP contribution >= 0.6 is 0 Å². The molecular formula is C15H15NO3. The third-order valence-electron chi connectivity index (χ3n) is 2.71. The molecule has 0 radical (unpaired) electrons. The lowest BCUT2D eigenvalue weighted by molar-refractivity contribution is 0.101. The predicted molar refractivity (Wildman–Crippen MR) is 71.6 cm³/mol. The number of rotatable bonds is 5. The molecule has 98 valence electrons. The van der Waals surface area contributed by atoms with Gasteiger partial charge in [-0.25, -0.2) is 0 Å². The summed E-state index contributed by atoms with van der Waals surface area (Å²) in [5, 5.41) is 0. The highest BCUT2D eigenvalue weighted by Gasteiger charge is 2.10. The van der Waals surface area contributed by atoms with Crippen molar-refractivity contribution in [3.8, 4) is 11.5 Å². The lowest BCUT2D eigenvalue weighted by Crippen LogP contribution is -2.02. The standard InChI is InChI=1S/C15H15NO3/c1-11(17)14-4-3-13(18-2)9-15(14)19-10-12-5-7-16-8-6-12/h3-9H,10H2,1-2H3. The van der Waals surface area contributed by atoms with Crippen LogP contribution in [0.3, 0.4) is 0 Å². The lowest BCUT2D eigenvalue weighted by atomic mass is 10.1. The quantitative estimate of drug-likeness (QED) is 0.773. The van der Waals surface area contributed by atoms with E-state index >= 15 is 0 Å². The van der Waals surface area contributed by atoms with Crippen LogP contribution in [0.2, 0.25) is 0 Å². The Morgan fingerprint density at radius 3 is 2.58 bits per heavy atom. The Kier molecular flexibility index (Phi) is 4.13. The van der Waals surface area contributed by atoms with Crippen molar-refractivity contribution in [2.24, 2.45) is 0 Å². The molecule has 0 aliphatic rings. The van der Waals surface area contributed by atoms with Crippen LogP contribution in [0.1, 0.15) is 22.8 Å². The molecule has 19 heavy (non-hydrogen) atoms. The number of ketones is 1. The zero-order valence-corrected chi connectivity index (χ0v) is 10.9. The Labute approximate surface area is 112 Å². The second-order valence-corrected chi connectivity index (χ2v) is 4.06. The number of hydrogen-bond donors (Lipinski definition) is 0. The van der Waals surface area contributed by atoms with Gasteiger partial charge >= 0.3 is 0 Å². The van der Waals surface area contributed by atoms with Gasteiger partial charge in [-0.15, -0.1) is 0 Å². The first-order valence-corrected chi connectivity index (χ1v) is 5.91.